The SMILES string of the molecule is COCCNc1cc(C(=O)N(C)CCc2ccncc2)nc(C)n1. The van der Waals surface area contributed by atoms with Crippen LogP contribution in [-0.2, 0) is 11.2 Å². The van der Waals surface area contributed by atoms with E-state index in [1.165, 1.54) is 0 Å². The first kappa shape index (κ1) is 17.8. The number of hydrogen-bond acceptors (Lipinski definition) is 6. The second-order valence-electron chi connectivity index (χ2n) is 5.44. The van der Waals surface area contributed by atoms with E-state index >= 15 is 0 Å². The third-order valence-corrected chi connectivity index (χ3v) is 3.50. The Balaban J connectivity index is 1.99. The highest BCUT2D eigenvalue weighted by molar-refractivity contribution is 5.92. The van der Waals surface area contributed by atoms with Gasteiger partial charge >= 0.3 is 0 Å². The molecule has 0 radical (unpaired) electrons. The van der Waals surface area contributed by atoms with Gasteiger partial charge in [-0.05, 0) is 31.0 Å². The summed E-state index contributed by atoms with van der Waals surface area (Å²) in [6, 6.07) is 5.57. The van der Waals surface area contributed by atoms with Crippen molar-refractivity contribution in [2.45, 2.75) is 13.3 Å². The van der Waals surface area contributed by atoms with Crippen molar-refractivity contribution in [1.29, 1.82) is 0 Å². The molecular weight excluding hydrogens is 306 g/mol. The maximum atomic E-state index is 12.6. The Labute approximate surface area is 142 Å². The molecule has 7 nitrogen and oxygen atoms in total. The Morgan fingerprint density at radius 1 is 1.29 bits per heavy atom. The molecule has 0 unspecified atom stereocenters. The standard InChI is InChI=1S/C17H23N5O2/c1-13-20-15(12-16(21-13)19-9-11-24-3)17(23)22(2)10-6-14-4-7-18-8-5-14/h4-5,7-8,12H,6,9-11H2,1-3H3,(H,19,20,21). The summed E-state index contributed by atoms with van der Waals surface area (Å²) >= 11 is 0. The van der Waals surface area contributed by atoms with Gasteiger partial charge in [0.25, 0.3) is 5.91 Å². The highest BCUT2D eigenvalue weighted by atomic mass is 16.5. The third kappa shape index (κ3) is 5.27. The number of methoxy groups -OCH3 is 1. The van der Waals surface area contributed by atoms with Crippen LogP contribution in [0.1, 0.15) is 21.9 Å². The van der Waals surface area contributed by atoms with Gasteiger partial charge in [-0.2, -0.15) is 0 Å². The minimum Gasteiger partial charge on any atom is -0.383 e. The average molecular weight is 329 g/mol. The Morgan fingerprint density at radius 3 is 2.75 bits per heavy atom. The highest BCUT2D eigenvalue weighted by Gasteiger charge is 2.15. The Hall–Kier alpha value is -2.54. The first-order valence-corrected chi connectivity index (χ1v) is 7.83. The van der Waals surface area contributed by atoms with Crippen LogP contribution in [0.15, 0.2) is 30.6 Å². The molecule has 0 aromatic carbocycles. The van der Waals surface area contributed by atoms with Crippen LogP contribution in [0.4, 0.5) is 5.82 Å². The monoisotopic (exact) mass is 329 g/mol. The van der Waals surface area contributed by atoms with Crippen LogP contribution in [0.5, 0.6) is 0 Å². The fraction of sp³-hybridized carbons (Fsp3) is 0.412. The van der Waals surface area contributed by atoms with Crippen molar-refractivity contribution in [2.75, 3.05) is 39.2 Å². The number of carbonyl (C=O) groups excluding carboxylic acids is 1. The van der Waals surface area contributed by atoms with Crippen LogP contribution in [-0.4, -0.2) is 59.6 Å². The largest absolute Gasteiger partial charge is 0.383 e. The van der Waals surface area contributed by atoms with E-state index in [2.05, 4.69) is 20.3 Å². The molecule has 1 amide bonds. The molecule has 0 spiro atoms. The maximum Gasteiger partial charge on any atom is 0.272 e. The lowest BCUT2D eigenvalue weighted by Gasteiger charge is -2.17. The number of hydrogen-bond donors (Lipinski definition) is 1. The molecule has 0 fully saturated rings. The zero-order valence-corrected chi connectivity index (χ0v) is 14.3. The van der Waals surface area contributed by atoms with Gasteiger partial charge in [-0.1, -0.05) is 0 Å². The van der Waals surface area contributed by atoms with Gasteiger partial charge in [-0.15, -0.1) is 0 Å². The number of ether oxygens (including phenoxy) is 1. The van der Waals surface area contributed by atoms with Gasteiger partial charge in [0.15, 0.2) is 0 Å². The molecule has 0 saturated carbocycles. The number of aromatic nitrogens is 3. The Morgan fingerprint density at radius 2 is 2.04 bits per heavy atom. The molecule has 0 saturated heterocycles. The van der Waals surface area contributed by atoms with Crippen LogP contribution >= 0.6 is 0 Å². The lowest BCUT2D eigenvalue weighted by atomic mass is 10.2. The minimum absolute atomic E-state index is 0.121. The quantitative estimate of drug-likeness (QED) is 0.740. The molecule has 2 rings (SSSR count). The lowest BCUT2D eigenvalue weighted by Crippen LogP contribution is -2.30. The van der Waals surface area contributed by atoms with Gasteiger partial charge in [-0.3, -0.25) is 9.78 Å². The summed E-state index contributed by atoms with van der Waals surface area (Å²) in [6.07, 6.45) is 4.28. The van der Waals surface area contributed by atoms with Crippen molar-refractivity contribution in [1.82, 2.24) is 19.9 Å². The second kappa shape index (κ2) is 8.93. The molecule has 0 aliphatic carbocycles. The molecule has 0 aliphatic heterocycles. The molecule has 128 valence electrons. The zero-order valence-electron chi connectivity index (χ0n) is 14.3. The van der Waals surface area contributed by atoms with E-state index < -0.39 is 0 Å². The number of nitrogens with zero attached hydrogens (tertiary/aromatic N) is 4. The normalized spacial score (nSPS) is 10.5. The highest BCUT2D eigenvalue weighted by Crippen LogP contribution is 2.09. The first-order valence-electron chi connectivity index (χ1n) is 7.83. The number of pyridine rings is 1. The molecule has 7 heteroatoms. The summed E-state index contributed by atoms with van der Waals surface area (Å²) < 4.78 is 5.00. The average Bonchev–Trinajstić information content (AvgIpc) is 2.59. The number of likely N-dealkylation sites (N-methyl/N-ethyl adjacent to an activating group) is 1. The van der Waals surface area contributed by atoms with Gasteiger partial charge in [0, 0.05) is 45.7 Å². The molecule has 2 heterocycles. The molecule has 0 bridgehead atoms. The van der Waals surface area contributed by atoms with Crippen LogP contribution in [0.3, 0.4) is 0 Å². The fourth-order valence-electron chi connectivity index (χ4n) is 2.19. The predicted molar refractivity (Wildman–Crippen MR) is 92.0 cm³/mol. The van der Waals surface area contributed by atoms with Gasteiger partial charge in [-0.25, -0.2) is 9.97 Å². The van der Waals surface area contributed by atoms with E-state index in [9.17, 15) is 4.79 Å². The Bertz CT molecular complexity index is 663. The Kier molecular flexibility index (Phi) is 6.62. The zero-order chi connectivity index (χ0) is 17.4. The van der Waals surface area contributed by atoms with E-state index in [0.29, 0.717) is 37.0 Å². The van der Waals surface area contributed by atoms with Crippen molar-refractivity contribution in [3.8, 4) is 0 Å². The van der Waals surface area contributed by atoms with Gasteiger partial charge in [0.2, 0.25) is 0 Å². The number of aryl methyl sites for hydroxylation is 1. The lowest BCUT2D eigenvalue weighted by molar-refractivity contribution is 0.0790. The molecular formula is C17H23N5O2. The molecule has 2 aromatic heterocycles. The number of amides is 1. The number of anilines is 1. The topological polar surface area (TPSA) is 80.2 Å². The van der Waals surface area contributed by atoms with Crippen molar-refractivity contribution >= 4 is 11.7 Å². The summed E-state index contributed by atoms with van der Waals surface area (Å²) in [4.78, 5) is 26.8. The molecule has 0 atom stereocenters. The smallest absolute Gasteiger partial charge is 0.272 e. The minimum atomic E-state index is -0.121. The fourth-order valence-corrected chi connectivity index (χ4v) is 2.19. The molecule has 24 heavy (non-hydrogen) atoms. The number of nitrogens with one attached hydrogen (secondary N) is 1. The number of rotatable bonds is 8. The van der Waals surface area contributed by atoms with Crippen molar-refractivity contribution in [3.63, 3.8) is 0 Å². The number of carbonyl (C=O) groups is 1. The maximum absolute atomic E-state index is 12.6. The third-order valence-electron chi connectivity index (χ3n) is 3.50. The van der Waals surface area contributed by atoms with Gasteiger partial charge < -0.3 is 15.0 Å². The van der Waals surface area contributed by atoms with E-state index in [1.807, 2.05) is 12.1 Å². The summed E-state index contributed by atoms with van der Waals surface area (Å²) in [5.41, 5.74) is 1.53. The molecule has 2 aromatic rings. The second-order valence-corrected chi connectivity index (χ2v) is 5.44. The van der Waals surface area contributed by atoms with Gasteiger partial charge in [0.1, 0.15) is 17.3 Å². The molecule has 0 aliphatic rings. The summed E-state index contributed by atoms with van der Waals surface area (Å²) in [6.45, 7) is 3.57. The summed E-state index contributed by atoms with van der Waals surface area (Å²) in [5.74, 6) is 1.07. The first-order chi connectivity index (χ1) is 11.6. The van der Waals surface area contributed by atoms with E-state index in [1.54, 1.807) is 44.4 Å². The molecule has 1 N–H and O–H groups in total. The predicted octanol–water partition coefficient (Wildman–Crippen LogP) is 1.55. The van der Waals surface area contributed by atoms with E-state index in [-0.39, 0.29) is 5.91 Å². The van der Waals surface area contributed by atoms with Crippen molar-refractivity contribution in [3.05, 3.63) is 47.7 Å². The van der Waals surface area contributed by atoms with Crippen LogP contribution in [0.25, 0.3) is 0 Å². The van der Waals surface area contributed by atoms with Crippen LogP contribution in [0.2, 0.25) is 0 Å². The summed E-state index contributed by atoms with van der Waals surface area (Å²) in [5, 5.41) is 3.12. The van der Waals surface area contributed by atoms with Crippen LogP contribution in [0, 0.1) is 6.92 Å². The van der Waals surface area contributed by atoms with E-state index in [0.717, 1.165) is 12.0 Å². The van der Waals surface area contributed by atoms with E-state index in [4.69, 9.17) is 4.74 Å². The van der Waals surface area contributed by atoms with Gasteiger partial charge in [0.05, 0.1) is 6.61 Å². The van der Waals surface area contributed by atoms with Crippen molar-refractivity contribution in [2.24, 2.45) is 0 Å². The van der Waals surface area contributed by atoms with Crippen LogP contribution < -0.4 is 5.32 Å². The summed E-state index contributed by atoms with van der Waals surface area (Å²) in [7, 11) is 3.42. The van der Waals surface area contributed by atoms with Crippen molar-refractivity contribution < 1.29 is 9.53 Å².